The molecule has 0 aliphatic carbocycles. The molecule has 0 unspecified atom stereocenters. The number of benzene rings is 10. The highest BCUT2D eigenvalue weighted by Crippen LogP contribution is 2.43. The van der Waals surface area contributed by atoms with Gasteiger partial charge in [-0.25, -0.2) is 4.98 Å². The van der Waals surface area contributed by atoms with E-state index in [0.717, 1.165) is 27.9 Å². The van der Waals surface area contributed by atoms with Crippen LogP contribution >= 0.6 is 11.3 Å². The third-order valence-electron chi connectivity index (χ3n) is 12.5. The summed E-state index contributed by atoms with van der Waals surface area (Å²) in [6.07, 6.45) is 0. The maximum atomic E-state index is 5.43. The molecule has 0 spiro atoms. The molecule has 278 valence electrons. The predicted molar refractivity (Wildman–Crippen MR) is 257 cm³/mol. The molecule has 2 nitrogen and oxygen atoms in total. The summed E-state index contributed by atoms with van der Waals surface area (Å²) in [5.74, 6) is 0. The lowest BCUT2D eigenvalue weighted by Crippen LogP contribution is -1.93. The van der Waals surface area contributed by atoms with Gasteiger partial charge in [-0.2, -0.15) is 0 Å². The molecule has 0 radical (unpaired) electrons. The molecule has 0 fully saturated rings. The van der Waals surface area contributed by atoms with Crippen molar-refractivity contribution in [2.24, 2.45) is 0 Å². The van der Waals surface area contributed by atoms with Gasteiger partial charge in [-0.05, 0) is 124 Å². The van der Waals surface area contributed by atoms with Gasteiger partial charge in [-0.3, -0.25) is 4.40 Å². The molecule has 0 aliphatic heterocycles. The number of hydrogen-bond acceptors (Lipinski definition) is 2. The molecule has 3 heteroatoms. The SMILES string of the molecule is c1ccc2cc3cc4c(cc3cc2c1)nc1c2sc3cc5ccccc5cc3c2cc(-c2ccc(-c3ccc(-c5ccc(-c6cccc7ccccc67)cc5)cc3)cc2)n41. The van der Waals surface area contributed by atoms with Crippen LogP contribution in [0.2, 0.25) is 0 Å². The van der Waals surface area contributed by atoms with Gasteiger partial charge in [0.1, 0.15) is 0 Å². The van der Waals surface area contributed by atoms with Crippen molar-refractivity contribution in [1.82, 2.24) is 9.38 Å². The first-order valence-corrected chi connectivity index (χ1v) is 21.3. The number of imidazole rings is 1. The summed E-state index contributed by atoms with van der Waals surface area (Å²) >= 11 is 1.85. The van der Waals surface area contributed by atoms with Gasteiger partial charge < -0.3 is 0 Å². The van der Waals surface area contributed by atoms with Gasteiger partial charge in [0.05, 0.1) is 21.4 Å². The summed E-state index contributed by atoms with van der Waals surface area (Å²) in [5, 5.41) is 12.5. The largest absolute Gasteiger partial charge is 0.291 e. The third-order valence-corrected chi connectivity index (χ3v) is 13.7. The van der Waals surface area contributed by atoms with Crippen LogP contribution in [0.4, 0.5) is 0 Å². The van der Waals surface area contributed by atoms with E-state index in [1.807, 2.05) is 11.3 Å². The molecule has 60 heavy (non-hydrogen) atoms. The zero-order valence-corrected chi connectivity index (χ0v) is 33.2. The molecular weight excluding hydrogens is 745 g/mol. The van der Waals surface area contributed by atoms with Crippen LogP contribution in [0.25, 0.3) is 125 Å². The highest BCUT2D eigenvalue weighted by Gasteiger charge is 2.19. The fraction of sp³-hybridized carbons (Fsp3) is 0. The van der Waals surface area contributed by atoms with Gasteiger partial charge in [0.15, 0.2) is 5.65 Å². The number of thiophene rings is 1. The lowest BCUT2D eigenvalue weighted by molar-refractivity contribution is 1.25. The Hall–Kier alpha value is -7.59. The molecule has 10 aromatic carbocycles. The maximum Gasteiger partial charge on any atom is 0.156 e. The second-order valence-electron chi connectivity index (χ2n) is 16.0. The standard InChI is InChI=1S/C57H34N2S/c1-2-10-43-29-47-32-54-52(31-46(47)28-42(43)9-1)58-57-56-51(50-30-44-11-3-4-12-45(44)33-55(50)60-56)34-53(59(54)57)41-26-22-38(23-27-41)36-18-16-35(17-19-36)37-20-24-40(25-21-37)49-15-7-13-39-8-5-6-14-48(39)49/h1-34H. The molecule has 0 N–H and O–H groups in total. The van der Waals surface area contributed by atoms with Gasteiger partial charge in [-0.1, -0.05) is 164 Å². The summed E-state index contributed by atoms with van der Waals surface area (Å²) in [4.78, 5) is 5.43. The zero-order chi connectivity index (χ0) is 39.3. The van der Waals surface area contributed by atoms with Crippen LogP contribution in [0.15, 0.2) is 206 Å². The zero-order valence-electron chi connectivity index (χ0n) is 32.4. The van der Waals surface area contributed by atoms with Crippen LogP contribution in [-0.2, 0) is 0 Å². The fourth-order valence-corrected chi connectivity index (χ4v) is 10.6. The smallest absolute Gasteiger partial charge is 0.156 e. The number of rotatable bonds is 4. The van der Waals surface area contributed by atoms with Crippen LogP contribution in [0.1, 0.15) is 0 Å². The molecule has 0 atom stereocenters. The van der Waals surface area contributed by atoms with Crippen molar-refractivity contribution in [3.8, 4) is 44.6 Å². The van der Waals surface area contributed by atoms with Crippen LogP contribution < -0.4 is 0 Å². The normalized spacial score (nSPS) is 12.0. The third kappa shape index (κ3) is 5.23. The van der Waals surface area contributed by atoms with Gasteiger partial charge >= 0.3 is 0 Å². The Labute approximate surface area is 349 Å². The molecule has 13 aromatic rings. The van der Waals surface area contributed by atoms with E-state index in [-0.39, 0.29) is 0 Å². The van der Waals surface area contributed by atoms with E-state index < -0.39 is 0 Å². The highest BCUT2D eigenvalue weighted by molar-refractivity contribution is 7.26. The lowest BCUT2D eigenvalue weighted by Gasteiger charge is -2.11. The van der Waals surface area contributed by atoms with Crippen molar-refractivity contribution in [3.63, 3.8) is 0 Å². The molecule has 13 rings (SSSR count). The first-order chi connectivity index (χ1) is 29.7. The number of nitrogens with zero attached hydrogens (tertiary/aromatic N) is 2. The van der Waals surface area contributed by atoms with E-state index in [4.69, 9.17) is 4.98 Å². The van der Waals surface area contributed by atoms with Crippen LogP contribution in [-0.4, -0.2) is 9.38 Å². The van der Waals surface area contributed by atoms with E-state index in [9.17, 15) is 0 Å². The molecule has 0 aliphatic rings. The Morgan fingerprint density at radius 3 is 1.52 bits per heavy atom. The summed E-state index contributed by atoms with van der Waals surface area (Å²) in [5.41, 5.74) is 12.7. The Morgan fingerprint density at radius 1 is 0.350 bits per heavy atom. The monoisotopic (exact) mass is 778 g/mol. The van der Waals surface area contributed by atoms with E-state index in [1.54, 1.807) is 0 Å². The quantitative estimate of drug-likeness (QED) is 0.163. The van der Waals surface area contributed by atoms with Crippen LogP contribution in [0.3, 0.4) is 0 Å². The van der Waals surface area contributed by atoms with Crippen LogP contribution in [0.5, 0.6) is 0 Å². The minimum atomic E-state index is 1.01. The predicted octanol–water partition coefficient (Wildman–Crippen LogP) is 16.1. The van der Waals surface area contributed by atoms with Crippen molar-refractivity contribution in [3.05, 3.63) is 206 Å². The average Bonchev–Trinajstić information content (AvgIpc) is 3.86. The van der Waals surface area contributed by atoms with Gasteiger partial charge in [0.2, 0.25) is 0 Å². The highest BCUT2D eigenvalue weighted by atomic mass is 32.1. The number of fused-ring (bicyclic) bond motifs is 11. The molecular formula is C57H34N2S. The van der Waals surface area contributed by atoms with Crippen molar-refractivity contribution >= 4 is 91.3 Å². The second-order valence-corrected chi connectivity index (χ2v) is 17.0. The molecule has 3 aromatic heterocycles. The maximum absolute atomic E-state index is 5.43. The van der Waals surface area contributed by atoms with Gasteiger partial charge in [0.25, 0.3) is 0 Å². The van der Waals surface area contributed by atoms with Gasteiger partial charge in [0, 0.05) is 15.5 Å². The molecule has 3 heterocycles. The van der Waals surface area contributed by atoms with Crippen molar-refractivity contribution in [1.29, 1.82) is 0 Å². The number of pyridine rings is 1. The molecule has 0 amide bonds. The average molecular weight is 779 g/mol. The Morgan fingerprint density at radius 2 is 0.867 bits per heavy atom. The fourth-order valence-electron chi connectivity index (χ4n) is 9.44. The molecule has 0 saturated carbocycles. The lowest BCUT2D eigenvalue weighted by atomic mass is 9.95. The first kappa shape index (κ1) is 33.4. The minimum absolute atomic E-state index is 1.01. The Kier molecular flexibility index (Phi) is 7.21. The van der Waals surface area contributed by atoms with Gasteiger partial charge in [-0.15, -0.1) is 11.3 Å². The topological polar surface area (TPSA) is 17.3 Å². The van der Waals surface area contributed by atoms with E-state index in [1.165, 1.54) is 96.6 Å². The van der Waals surface area contributed by atoms with E-state index in [0.29, 0.717) is 0 Å². The minimum Gasteiger partial charge on any atom is -0.291 e. The first-order valence-electron chi connectivity index (χ1n) is 20.5. The number of aromatic nitrogens is 2. The van der Waals surface area contributed by atoms with Crippen molar-refractivity contribution in [2.45, 2.75) is 0 Å². The Balaban J connectivity index is 0.910. The summed E-state index contributed by atoms with van der Waals surface area (Å²) in [6.45, 7) is 0. The second kappa shape index (κ2) is 13.0. The molecule has 0 saturated heterocycles. The van der Waals surface area contributed by atoms with Crippen molar-refractivity contribution in [2.75, 3.05) is 0 Å². The molecule has 0 bridgehead atoms. The van der Waals surface area contributed by atoms with Crippen LogP contribution in [0, 0.1) is 0 Å². The summed E-state index contributed by atoms with van der Waals surface area (Å²) < 4.78 is 4.90. The summed E-state index contributed by atoms with van der Waals surface area (Å²) in [7, 11) is 0. The Bertz CT molecular complexity index is 3830. The van der Waals surface area contributed by atoms with E-state index >= 15 is 0 Å². The summed E-state index contributed by atoms with van der Waals surface area (Å²) in [6, 6.07) is 75.8. The van der Waals surface area contributed by atoms with Crippen molar-refractivity contribution < 1.29 is 0 Å². The van der Waals surface area contributed by atoms with E-state index in [2.05, 4.69) is 211 Å². The number of hydrogen-bond donors (Lipinski definition) is 0.